The molecule has 1 heterocycles. The largest absolute Gasteiger partial charge is 0.481 e. The van der Waals surface area contributed by atoms with Crippen molar-refractivity contribution in [3.8, 4) is 5.88 Å². The maximum absolute atomic E-state index is 4.95. The quantitative estimate of drug-likeness (QED) is 0.643. The Labute approximate surface area is 64.9 Å². The standard InChI is InChI=1S/C7H10N2O2/c1-10-7-6(5-11-8)3-2-4-9-7/h2-4H,5,8H2,1H3. The molecule has 1 aromatic rings. The first kappa shape index (κ1) is 7.97. The van der Waals surface area contributed by atoms with Gasteiger partial charge in [-0.3, -0.25) is 4.84 Å². The van der Waals surface area contributed by atoms with Crippen LogP contribution in [-0.4, -0.2) is 12.1 Å². The van der Waals surface area contributed by atoms with Gasteiger partial charge >= 0.3 is 0 Å². The number of hydrogen-bond donors (Lipinski definition) is 1. The number of hydrogen-bond acceptors (Lipinski definition) is 4. The van der Waals surface area contributed by atoms with E-state index in [1.807, 2.05) is 6.07 Å². The number of rotatable bonds is 3. The molecule has 0 aliphatic rings. The summed E-state index contributed by atoms with van der Waals surface area (Å²) in [5.41, 5.74) is 0.845. The zero-order chi connectivity index (χ0) is 8.10. The molecule has 0 aromatic carbocycles. The molecule has 0 aliphatic carbocycles. The number of aromatic nitrogens is 1. The molecule has 0 bridgehead atoms. The highest BCUT2D eigenvalue weighted by molar-refractivity contribution is 5.24. The molecule has 0 fully saturated rings. The van der Waals surface area contributed by atoms with Gasteiger partial charge in [0.15, 0.2) is 0 Å². The van der Waals surface area contributed by atoms with E-state index in [0.717, 1.165) is 5.56 Å². The van der Waals surface area contributed by atoms with Gasteiger partial charge in [0.1, 0.15) is 0 Å². The minimum absolute atomic E-state index is 0.316. The van der Waals surface area contributed by atoms with Gasteiger partial charge in [-0.1, -0.05) is 0 Å². The first-order valence-corrected chi connectivity index (χ1v) is 3.18. The molecule has 0 aliphatic heterocycles. The number of pyridine rings is 1. The third kappa shape index (κ3) is 1.89. The van der Waals surface area contributed by atoms with Crippen molar-refractivity contribution in [1.82, 2.24) is 4.98 Å². The predicted molar refractivity (Wildman–Crippen MR) is 39.8 cm³/mol. The molecule has 0 atom stereocenters. The summed E-state index contributed by atoms with van der Waals surface area (Å²) in [6, 6.07) is 3.65. The molecule has 0 amide bonds. The molecule has 4 nitrogen and oxygen atoms in total. The van der Waals surface area contributed by atoms with E-state index in [1.165, 1.54) is 0 Å². The summed E-state index contributed by atoms with van der Waals surface area (Å²) >= 11 is 0. The van der Waals surface area contributed by atoms with Crippen LogP contribution in [0.15, 0.2) is 18.3 Å². The summed E-state index contributed by atoms with van der Waals surface area (Å²) < 4.78 is 4.95. The van der Waals surface area contributed by atoms with Gasteiger partial charge in [-0.05, 0) is 12.1 Å². The Kier molecular flexibility index (Phi) is 2.83. The molecule has 4 heteroatoms. The molecule has 0 saturated heterocycles. The van der Waals surface area contributed by atoms with Crippen LogP contribution >= 0.6 is 0 Å². The summed E-state index contributed by atoms with van der Waals surface area (Å²) in [5.74, 6) is 5.45. The first-order valence-electron chi connectivity index (χ1n) is 3.18. The fraction of sp³-hybridized carbons (Fsp3) is 0.286. The van der Waals surface area contributed by atoms with Gasteiger partial charge in [0.2, 0.25) is 5.88 Å². The fourth-order valence-electron chi connectivity index (χ4n) is 0.808. The summed E-state index contributed by atoms with van der Waals surface area (Å²) in [6.45, 7) is 0.316. The lowest BCUT2D eigenvalue weighted by atomic mass is 10.3. The minimum Gasteiger partial charge on any atom is -0.481 e. The van der Waals surface area contributed by atoms with E-state index in [-0.39, 0.29) is 0 Å². The molecular formula is C7H10N2O2. The van der Waals surface area contributed by atoms with Crippen LogP contribution in [0.25, 0.3) is 0 Å². The maximum Gasteiger partial charge on any atom is 0.218 e. The number of nitrogens with zero attached hydrogens (tertiary/aromatic N) is 1. The smallest absolute Gasteiger partial charge is 0.218 e. The van der Waals surface area contributed by atoms with Crippen LogP contribution in [0.1, 0.15) is 5.56 Å². The normalized spacial score (nSPS) is 9.64. The molecule has 1 rings (SSSR count). The van der Waals surface area contributed by atoms with Crippen LogP contribution in [0.4, 0.5) is 0 Å². The van der Waals surface area contributed by atoms with Crippen molar-refractivity contribution in [3.05, 3.63) is 23.9 Å². The van der Waals surface area contributed by atoms with Gasteiger partial charge in [-0.15, -0.1) is 0 Å². The zero-order valence-electron chi connectivity index (χ0n) is 6.28. The highest BCUT2D eigenvalue weighted by Gasteiger charge is 2.00. The number of ether oxygens (including phenoxy) is 1. The van der Waals surface area contributed by atoms with Crippen LogP contribution < -0.4 is 10.6 Å². The van der Waals surface area contributed by atoms with E-state index >= 15 is 0 Å². The summed E-state index contributed by atoms with van der Waals surface area (Å²) in [5, 5.41) is 0. The van der Waals surface area contributed by atoms with Gasteiger partial charge in [0.25, 0.3) is 0 Å². The highest BCUT2D eigenvalue weighted by atomic mass is 16.6. The van der Waals surface area contributed by atoms with Gasteiger partial charge in [0.05, 0.1) is 13.7 Å². The maximum atomic E-state index is 4.95. The van der Waals surface area contributed by atoms with Crippen molar-refractivity contribution < 1.29 is 9.57 Å². The Hall–Kier alpha value is -1.13. The van der Waals surface area contributed by atoms with Crippen LogP contribution in [0, 0.1) is 0 Å². The second-order valence-corrected chi connectivity index (χ2v) is 1.98. The zero-order valence-corrected chi connectivity index (χ0v) is 6.28. The van der Waals surface area contributed by atoms with Gasteiger partial charge in [-0.2, -0.15) is 0 Å². The van der Waals surface area contributed by atoms with Crippen LogP contribution in [0.3, 0.4) is 0 Å². The monoisotopic (exact) mass is 154 g/mol. The molecular weight excluding hydrogens is 144 g/mol. The lowest BCUT2D eigenvalue weighted by molar-refractivity contribution is 0.121. The van der Waals surface area contributed by atoms with Gasteiger partial charge < -0.3 is 4.74 Å². The Balaban J connectivity index is 2.83. The minimum atomic E-state index is 0.316. The van der Waals surface area contributed by atoms with Gasteiger partial charge in [-0.25, -0.2) is 10.9 Å². The van der Waals surface area contributed by atoms with E-state index in [0.29, 0.717) is 12.5 Å². The molecule has 60 valence electrons. The van der Waals surface area contributed by atoms with Crippen LogP contribution in [0.5, 0.6) is 5.88 Å². The second kappa shape index (κ2) is 3.90. The molecule has 0 spiro atoms. The first-order chi connectivity index (χ1) is 5.38. The fourth-order valence-corrected chi connectivity index (χ4v) is 0.808. The van der Waals surface area contributed by atoms with Crippen molar-refractivity contribution in [2.45, 2.75) is 6.61 Å². The van der Waals surface area contributed by atoms with Gasteiger partial charge in [0, 0.05) is 11.8 Å². The SMILES string of the molecule is COc1ncccc1CON. The Morgan fingerprint density at radius 2 is 2.45 bits per heavy atom. The molecule has 2 N–H and O–H groups in total. The summed E-state index contributed by atoms with van der Waals surface area (Å²) in [6.07, 6.45) is 1.65. The Morgan fingerprint density at radius 3 is 3.09 bits per heavy atom. The van der Waals surface area contributed by atoms with Crippen molar-refractivity contribution in [2.75, 3.05) is 7.11 Å². The second-order valence-electron chi connectivity index (χ2n) is 1.98. The van der Waals surface area contributed by atoms with Crippen molar-refractivity contribution in [1.29, 1.82) is 0 Å². The van der Waals surface area contributed by atoms with Crippen molar-refractivity contribution >= 4 is 0 Å². The molecule has 1 aromatic heterocycles. The lowest BCUT2D eigenvalue weighted by Crippen LogP contribution is -2.01. The number of methoxy groups -OCH3 is 1. The summed E-state index contributed by atoms with van der Waals surface area (Å²) in [7, 11) is 1.56. The third-order valence-electron chi connectivity index (χ3n) is 1.28. The van der Waals surface area contributed by atoms with E-state index < -0.39 is 0 Å². The molecule has 0 radical (unpaired) electrons. The molecule has 0 unspecified atom stereocenters. The predicted octanol–water partition coefficient (Wildman–Crippen LogP) is 0.481. The molecule has 0 saturated carbocycles. The summed E-state index contributed by atoms with van der Waals surface area (Å²) in [4.78, 5) is 8.41. The average Bonchev–Trinajstić information content (AvgIpc) is 2.06. The Bertz CT molecular complexity index is 227. The topological polar surface area (TPSA) is 57.4 Å². The van der Waals surface area contributed by atoms with E-state index in [4.69, 9.17) is 10.6 Å². The molecule has 11 heavy (non-hydrogen) atoms. The van der Waals surface area contributed by atoms with Crippen LogP contribution in [0.2, 0.25) is 0 Å². The highest BCUT2D eigenvalue weighted by Crippen LogP contribution is 2.13. The van der Waals surface area contributed by atoms with Crippen molar-refractivity contribution in [2.24, 2.45) is 5.90 Å². The lowest BCUT2D eigenvalue weighted by Gasteiger charge is -2.03. The van der Waals surface area contributed by atoms with E-state index in [9.17, 15) is 0 Å². The van der Waals surface area contributed by atoms with E-state index in [1.54, 1.807) is 19.4 Å². The number of nitrogens with two attached hydrogens (primary N) is 1. The van der Waals surface area contributed by atoms with E-state index in [2.05, 4.69) is 9.82 Å². The average molecular weight is 154 g/mol. The van der Waals surface area contributed by atoms with Crippen molar-refractivity contribution in [3.63, 3.8) is 0 Å². The Morgan fingerprint density at radius 1 is 1.64 bits per heavy atom. The van der Waals surface area contributed by atoms with Crippen LogP contribution in [-0.2, 0) is 11.4 Å². The third-order valence-corrected chi connectivity index (χ3v) is 1.28.